The summed E-state index contributed by atoms with van der Waals surface area (Å²) in [5.74, 6) is 0.730. The first-order valence-corrected chi connectivity index (χ1v) is 10.5. The van der Waals surface area contributed by atoms with E-state index in [1.54, 1.807) is 0 Å². The fourth-order valence-electron chi connectivity index (χ4n) is 5.39. The van der Waals surface area contributed by atoms with Crippen molar-refractivity contribution in [3.63, 3.8) is 0 Å². The van der Waals surface area contributed by atoms with Crippen LogP contribution in [-0.4, -0.2) is 38.9 Å². The van der Waals surface area contributed by atoms with Gasteiger partial charge in [0.15, 0.2) is 5.69 Å². The molecule has 2 aliphatic rings. The Balaban J connectivity index is 1.67. The topological polar surface area (TPSA) is 51.0 Å². The second kappa shape index (κ2) is 7.32. The quantitative estimate of drug-likeness (QED) is 0.784. The average molecular weight is 361 g/mol. The molecule has 3 rings (SSSR count). The Morgan fingerprint density at radius 1 is 1.15 bits per heavy atom. The zero-order chi connectivity index (χ0) is 18.9. The highest BCUT2D eigenvalue weighted by atomic mass is 16.2. The van der Waals surface area contributed by atoms with E-state index in [0.29, 0.717) is 28.5 Å². The van der Waals surface area contributed by atoms with Crippen molar-refractivity contribution in [3.05, 3.63) is 11.9 Å². The maximum Gasteiger partial charge on any atom is 0.276 e. The first kappa shape index (κ1) is 19.4. The van der Waals surface area contributed by atoms with Gasteiger partial charge in [-0.25, -0.2) is 4.68 Å². The van der Waals surface area contributed by atoms with Crippen LogP contribution in [0.1, 0.15) is 96.1 Å². The number of carbonyl (C=O) groups is 1. The van der Waals surface area contributed by atoms with Gasteiger partial charge in [-0.05, 0) is 61.7 Å². The van der Waals surface area contributed by atoms with Crippen LogP contribution in [-0.2, 0) is 0 Å². The average Bonchev–Trinajstić information content (AvgIpc) is 3.11. The highest BCUT2D eigenvalue weighted by molar-refractivity contribution is 5.91. The Hall–Kier alpha value is -1.39. The van der Waals surface area contributed by atoms with Crippen LogP contribution < -0.4 is 0 Å². The number of hydrogen-bond acceptors (Lipinski definition) is 3. The van der Waals surface area contributed by atoms with Crippen LogP contribution in [0, 0.1) is 16.7 Å². The van der Waals surface area contributed by atoms with Crippen molar-refractivity contribution in [2.75, 3.05) is 13.1 Å². The van der Waals surface area contributed by atoms with Gasteiger partial charge in [0.1, 0.15) is 0 Å². The summed E-state index contributed by atoms with van der Waals surface area (Å²) in [7, 11) is 0. The number of rotatable bonds is 3. The van der Waals surface area contributed by atoms with Gasteiger partial charge in [0.25, 0.3) is 5.91 Å². The molecule has 0 unspecified atom stereocenters. The van der Waals surface area contributed by atoms with Gasteiger partial charge in [0.05, 0.1) is 12.2 Å². The minimum absolute atomic E-state index is 0.0537. The van der Waals surface area contributed by atoms with Crippen LogP contribution in [0.25, 0.3) is 0 Å². The number of piperidine rings is 1. The lowest BCUT2D eigenvalue weighted by atomic mass is 9.54. The lowest BCUT2D eigenvalue weighted by molar-refractivity contribution is -0.0218. The summed E-state index contributed by atoms with van der Waals surface area (Å²) in [6, 6.07) is 0.375. The van der Waals surface area contributed by atoms with Crippen molar-refractivity contribution >= 4 is 5.91 Å². The first-order chi connectivity index (χ1) is 12.2. The molecule has 0 aromatic carbocycles. The van der Waals surface area contributed by atoms with Gasteiger partial charge in [0, 0.05) is 13.1 Å². The predicted molar refractivity (Wildman–Crippen MR) is 104 cm³/mol. The number of likely N-dealkylation sites (tertiary alicyclic amines) is 1. The van der Waals surface area contributed by atoms with Crippen molar-refractivity contribution in [3.8, 4) is 0 Å². The summed E-state index contributed by atoms with van der Waals surface area (Å²) in [6.07, 6.45) is 10.00. The smallest absolute Gasteiger partial charge is 0.276 e. The molecule has 5 nitrogen and oxygen atoms in total. The molecule has 146 valence electrons. The van der Waals surface area contributed by atoms with Gasteiger partial charge >= 0.3 is 0 Å². The van der Waals surface area contributed by atoms with Crippen molar-refractivity contribution in [1.82, 2.24) is 19.9 Å². The first-order valence-electron chi connectivity index (χ1n) is 10.5. The van der Waals surface area contributed by atoms with Gasteiger partial charge in [0.2, 0.25) is 0 Å². The molecular weight excluding hydrogens is 324 g/mol. The third-order valence-electron chi connectivity index (χ3n) is 7.19. The largest absolute Gasteiger partial charge is 0.337 e. The molecule has 0 spiro atoms. The van der Waals surface area contributed by atoms with E-state index in [4.69, 9.17) is 0 Å². The molecule has 2 fully saturated rings. The second-order valence-electron chi connectivity index (χ2n) is 9.73. The van der Waals surface area contributed by atoms with Crippen LogP contribution in [0.3, 0.4) is 0 Å². The van der Waals surface area contributed by atoms with E-state index in [-0.39, 0.29) is 5.91 Å². The number of hydrogen-bond donors (Lipinski definition) is 0. The van der Waals surface area contributed by atoms with Gasteiger partial charge in [-0.3, -0.25) is 4.79 Å². The highest BCUT2D eigenvalue weighted by Gasteiger charge is 2.46. The van der Waals surface area contributed by atoms with Crippen LogP contribution in [0.4, 0.5) is 0 Å². The van der Waals surface area contributed by atoms with Gasteiger partial charge in [-0.15, -0.1) is 5.10 Å². The molecule has 26 heavy (non-hydrogen) atoms. The molecule has 0 atom stereocenters. The van der Waals surface area contributed by atoms with E-state index in [0.717, 1.165) is 38.8 Å². The zero-order valence-corrected chi connectivity index (χ0v) is 17.3. The molecular formula is C21H36N4O. The van der Waals surface area contributed by atoms with Crippen LogP contribution >= 0.6 is 0 Å². The molecule has 2 heterocycles. The van der Waals surface area contributed by atoms with Crippen LogP contribution in [0.2, 0.25) is 0 Å². The van der Waals surface area contributed by atoms with Crippen molar-refractivity contribution in [2.45, 2.75) is 85.6 Å². The highest BCUT2D eigenvalue weighted by Crippen LogP contribution is 2.55. The van der Waals surface area contributed by atoms with Crippen LogP contribution in [0.5, 0.6) is 0 Å². The Morgan fingerprint density at radius 3 is 2.31 bits per heavy atom. The van der Waals surface area contributed by atoms with E-state index >= 15 is 0 Å². The molecule has 1 aliphatic carbocycles. The molecule has 0 N–H and O–H groups in total. The fourth-order valence-corrected chi connectivity index (χ4v) is 5.39. The Morgan fingerprint density at radius 2 is 1.77 bits per heavy atom. The van der Waals surface area contributed by atoms with E-state index in [9.17, 15) is 4.79 Å². The molecule has 1 saturated heterocycles. The third kappa shape index (κ3) is 3.54. The molecule has 1 aromatic heterocycles. The lowest BCUT2D eigenvalue weighted by Crippen LogP contribution is -2.43. The standard InChI is InChI=1S/C21H36N4O/c1-16(2)21(20(3,4)5)11-9-17(10-12-21)25-15-18(22-23-25)19(26)24-13-7-6-8-14-24/h15-17H,6-14H2,1-5H3. The molecule has 5 heteroatoms. The van der Waals surface area contributed by atoms with E-state index in [1.807, 2.05) is 15.8 Å². The third-order valence-corrected chi connectivity index (χ3v) is 7.19. The minimum Gasteiger partial charge on any atom is -0.337 e. The van der Waals surface area contributed by atoms with E-state index < -0.39 is 0 Å². The van der Waals surface area contributed by atoms with Gasteiger partial charge in [-0.2, -0.15) is 0 Å². The molecule has 1 saturated carbocycles. The summed E-state index contributed by atoms with van der Waals surface area (Å²) in [6.45, 7) is 13.6. The monoisotopic (exact) mass is 360 g/mol. The van der Waals surface area contributed by atoms with Crippen molar-refractivity contribution in [2.24, 2.45) is 16.7 Å². The molecule has 0 radical (unpaired) electrons. The fraction of sp³-hybridized carbons (Fsp3) is 0.857. The number of aromatic nitrogens is 3. The maximum atomic E-state index is 12.6. The zero-order valence-electron chi connectivity index (χ0n) is 17.3. The van der Waals surface area contributed by atoms with E-state index in [1.165, 1.54) is 19.3 Å². The molecule has 1 aliphatic heterocycles. The number of amides is 1. The van der Waals surface area contributed by atoms with Gasteiger partial charge < -0.3 is 4.90 Å². The normalized spacial score (nSPS) is 27.8. The summed E-state index contributed by atoms with van der Waals surface area (Å²) < 4.78 is 1.96. The van der Waals surface area contributed by atoms with Gasteiger partial charge in [-0.1, -0.05) is 39.8 Å². The number of carbonyl (C=O) groups excluding carboxylic acids is 1. The maximum absolute atomic E-state index is 12.6. The summed E-state index contributed by atoms with van der Waals surface area (Å²) >= 11 is 0. The van der Waals surface area contributed by atoms with Crippen molar-refractivity contribution < 1.29 is 4.79 Å². The summed E-state index contributed by atoms with van der Waals surface area (Å²) in [4.78, 5) is 14.6. The van der Waals surface area contributed by atoms with E-state index in [2.05, 4.69) is 44.9 Å². The number of nitrogens with zero attached hydrogens (tertiary/aromatic N) is 4. The minimum atomic E-state index is 0.0537. The summed E-state index contributed by atoms with van der Waals surface area (Å²) in [5.41, 5.74) is 1.21. The molecule has 1 amide bonds. The van der Waals surface area contributed by atoms with Crippen molar-refractivity contribution in [1.29, 1.82) is 0 Å². The predicted octanol–water partition coefficient (Wildman–Crippen LogP) is 4.71. The second-order valence-corrected chi connectivity index (χ2v) is 9.73. The lowest BCUT2D eigenvalue weighted by Gasteiger charge is -2.52. The Bertz CT molecular complexity index is 614. The molecule has 0 bridgehead atoms. The molecule has 1 aromatic rings. The Kier molecular flexibility index (Phi) is 5.45. The SMILES string of the molecule is CC(C)C1(C(C)(C)C)CCC(n2cc(C(=O)N3CCCCC3)nn2)CC1. The summed E-state index contributed by atoms with van der Waals surface area (Å²) in [5, 5.41) is 8.54. The van der Waals surface area contributed by atoms with Crippen LogP contribution in [0.15, 0.2) is 6.20 Å². The Labute approximate surface area is 158 Å².